The van der Waals surface area contributed by atoms with Gasteiger partial charge in [-0.3, -0.25) is 0 Å². The molecule has 0 radical (unpaired) electrons. The van der Waals surface area contributed by atoms with Gasteiger partial charge in [-0.2, -0.15) is 10.2 Å². The minimum atomic E-state index is -0.360. The van der Waals surface area contributed by atoms with Crippen LogP contribution in [0.1, 0.15) is 44.6 Å². The van der Waals surface area contributed by atoms with Crippen LogP contribution >= 0.6 is 0 Å². The van der Waals surface area contributed by atoms with Crippen molar-refractivity contribution in [2.75, 3.05) is 13.2 Å². The summed E-state index contributed by atoms with van der Waals surface area (Å²) in [5.41, 5.74) is 2.97. The molecular weight excluding hydrogens is 364 g/mol. The molecule has 0 bridgehead atoms. The van der Waals surface area contributed by atoms with Gasteiger partial charge in [0, 0.05) is 6.08 Å². The van der Waals surface area contributed by atoms with Crippen LogP contribution in [0.25, 0.3) is 0 Å². The molecule has 0 amide bonds. The lowest BCUT2D eigenvalue weighted by Gasteiger charge is -2.06. The molecule has 0 aliphatic rings. The molecule has 2 aromatic rings. The predicted octanol–water partition coefficient (Wildman–Crippen LogP) is 6.72. The Balaban J connectivity index is 1.64. The number of ether oxygens (including phenoxy) is 2. The van der Waals surface area contributed by atoms with Crippen LogP contribution in [0.5, 0.6) is 5.75 Å². The number of carbonyl (C=O) groups excluding carboxylic acids is 1. The number of nitrogens with zero attached hydrogens (tertiary/aromatic N) is 2. The summed E-state index contributed by atoms with van der Waals surface area (Å²) in [5, 5.41) is 8.56. The van der Waals surface area contributed by atoms with E-state index >= 15 is 0 Å². The molecule has 0 aromatic heterocycles. The van der Waals surface area contributed by atoms with Gasteiger partial charge in [0.25, 0.3) is 0 Å². The van der Waals surface area contributed by atoms with E-state index in [0.29, 0.717) is 13.2 Å². The highest BCUT2D eigenvalue weighted by Gasteiger charge is 1.98. The first kappa shape index (κ1) is 22.3. The molecular formula is C24H30N2O3. The lowest BCUT2D eigenvalue weighted by atomic mass is 10.1. The lowest BCUT2D eigenvalue weighted by molar-refractivity contribution is -0.137. The SMILES string of the molecule is C=CC(=O)OCCCCCCOc1ccc(N=Nc2ccc(CCC)cc2)cc1. The van der Waals surface area contributed by atoms with E-state index in [2.05, 4.69) is 35.9 Å². The Labute approximate surface area is 173 Å². The van der Waals surface area contributed by atoms with E-state index in [-0.39, 0.29) is 5.97 Å². The molecule has 5 nitrogen and oxygen atoms in total. The molecule has 0 atom stereocenters. The molecule has 5 heteroatoms. The molecule has 0 saturated heterocycles. The van der Waals surface area contributed by atoms with Gasteiger partial charge >= 0.3 is 5.97 Å². The molecule has 0 unspecified atom stereocenters. The zero-order valence-electron chi connectivity index (χ0n) is 17.2. The number of unbranched alkanes of at least 4 members (excludes halogenated alkanes) is 3. The van der Waals surface area contributed by atoms with Crippen LogP contribution in [0, 0.1) is 0 Å². The van der Waals surface area contributed by atoms with E-state index in [0.717, 1.165) is 55.6 Å². The maximum atomic E-state index is 10.9. The van der Waals surface area contributed by atoms with Crippen LogP contribution in [0.15, 0.2) is 71.4 Å². The van der Waals surface area contributed by atoms with Crippen molar-refractivity contribution in [1.82, 2.24) is 0 Å². The average molecular weight is 395 g/mol. The molecule has 29 heavy (non-hydrogen) atoms. The first-order valence-corrected chi connectivity index (χ1v) is 10.2. The Morgan fingerprint density at radius 2 is 1.48 bits per heavy atom. The molecule has 154 valence electrons. The number of azo groups is 1. The van der Waals surface area contributed by atoms with Gasteiger partial charge in [-0.15, -0.1) is 0 Å². The first-order valence-electron chi connectivity index (χ1n) is 10.2. The van der Waals surface area contributed by atoms with Crippen LogP contribution < -0.4 is 4.74 Å². The summed E-state index contributed by atoms with van der Waals surface area (Å²) in [6.45, 7) is 6.65. The third kappa shape index (κ3) is 9.19. The van der Waals surface area contributed by atoms with E-state index in [4.69, 9.17) is 9.47 Å². The number of esters is 1. The van der Waals surface area contributed by atoms with E-state index in [9.17, 15) is 4.79 Å². The summed E-state index contributed by atoms with van der Waals surface area (Å²) >= 11 is 0. The normalized spacial score (nSPS) is 10.8. The second-order valence-corrected chi connectivity index (χ2v) is 6.74. The van der Waals surface area contributed by atoms with Gasteiger partial charge in [0.15, 0.2) is 0 Å². The highest BCUT2D eigenvalue weighted by atomic mass is 16.5. The van der Waals surface area contributed by atoms with Crippen molar-refractivity contribution in [3.8, 4) is 5.75 Å². The quantitative estimate of drug-likeness (QED) is 0.164. The Morgan fingerprint density at radius 3 is 2.07 bits per heavy atom. The summed E-state index contributed by atoms with van der Waals surface area (Å²) in [5.74, 6) is 0.467. The fraction of sp³-hybridized carbons (Fsp3) is 0.375. The van der Waals surface area contributed by atoms with Gasteiger partial charge in [0.05, 0.1) is 24.6 Å². The van der Waals surface area contributed by atoms with Gasteiger partial charge in [-0.25, -0.2) is 4.79 Å². The fourth-order valence-corrected chi connectivity index (χ4v) is 2.72. The topological polar surface area (TPSA) is 60.2 Å². The number of carbonyl (C=O) groups is 1. The van der Waals surface area contributed by atoms with Crippen molar-refractivity contribution in [3.05, 3.63) is 66.7 Å². The van der Waals surface area contributed by atoms with Crippen molar-refractivity contribution < 1.29 is 14.3 Å². The lowest BCUT2D eigenvalue weighted by Crippen LogP contribution is -2.02. The standard InChI is InChI=1S/C24H30N2O3/c1-3-9-20-10-12-21(13-11-20)25-26-22-14-16-23(17-15-22)28-18-7-5-6-8-19-29-24(27)4-2/h4,10-17H,2-3,5-9,18-19H2,1H3. The minimum Gasteiger partial charge on any atom is -0.494 e. The predicted molar refractivity (Wildman–Crippen MR) is 116 cm³/mol. The molecule has 2 rings (SSSR count). The van der Waals surface area contributed by atoms with Gasteiger partial charge in [0.1, 0.15) is 5.75 Å². The fourth-order valence-electron chi connectivity index (χ4n) is 2.72. The summed E-state index contributed by atoms with van der Waals surface area (Å²) < 4.78 is 10.7. The van der Waals surface area contributed by atoms with Gasteiger partial charge in [-0.05, 0) is 74.1 Å². The molecule has 0 N–H and O–H groups in total. The van der Waals surface area contributed by atoms with Crippen molar-refractivity contribution in [2.24, 2.45) is 10.2 Å². The molecule has 2 aromatic carbocycles. The Bertz CT molecular complexity index is 768. The average Bonchev–Trinajstić information content (AvgIpc) is 2.76. The maximum Gasteiger partial charge on any atom is 0.330 e. The minimum absolute atomic E-state index is 0.360. The molecule has 0 saturated carbocycles. The number of rotatable bonds is 13. The van der Waals surface area contributed by atoms with Crippen LogP contribution in [0.4, 0.5) is 11.4 Å². The van der Waals surface area contributed by atoms with Gasteiger partial charge in [0.2, 0.25) is 0 Å². The summed E-state index contributed by atoms with van der Waals surface area (Å²) in [4.78, 5) is 10.9. The van der Waals surface area contributed by atoms with Gasteiger partial charge < -0.3 is 9.47 Å². The van der Waals surface area contributed by atoms with Crippen molar-refractivity contribution in [2.45, 2.75) is 45.4 Å². The Hall–Kier alpha value is -2.95. The van der Waals surface area contributed by atoms with E-state index in [1.165, 1.54) is 11.6 Å². The summed E-state index contributed by atoms with van der Waals surface area (Å²) in [6.07, 6.45) is 7.28. The molecule has 0 spiro atoms. The number of aryl methyl sites for hydroxylation is 1. The smallest absolute Gasteiger partial charge is 0.330 e. The van der Waals surface area contributed by atoms with Crippen molar-refractivity contribution in [3.63, 3.8) is 0 Å². The molecule has 0 aliphatic heterocycles. The maximum absolute atomic E-state index is 10.9. The van der Waals surface area contributed by atoms with Crippen LogP contribution in [0.3, 0.4) is 0 Å². The highest BCUT2D eigenvalue weighted by molar-refractivity contribution is 5.81. The Kier molecular flexibility index (Phi) is 10.2. The largest absolute Gasteiger partial charge is 0.494 e. The first-order chi connectivity index (χ1) is 14.2. The summed E-state index contributed by atoms with van der Waals surface area (Å²) in [6, 6.07) is 15.8. The zero-order chi connectivity index (χ0) is 20.7. The second-order valence-electron chi connectivity index (χ2n) is 6.74. The van der Waals surface area contributed by atoms with Crippen molar-refractivity contribution in [1.29, 1.82) is 0 Å². The molecule has 0 heterocycles. The van der Waals surface area contributed by atoms with Crippen molar-refractivity contribution >= 4 is 17.3 Å². The third-order valence-corrected chi connectivity index (χ3v) is 4.31. The highest BCUT2D eigenvalue weighted by Crippen LogP contribution is 2.22. The number of benzene rings is 2. The monoisotopic (exact) mass is 394 g/mol. The Morgan fingerprint density at radius 1 is 0.897 bits per heavy atom. The second kappa shape index (κ2) is 13.3. The molecule has 0 fully saturated rings. The van der Waals surface area contributed by atoms with Gasteiger partial charge in [-0.1, -0.05) is 32.1 Å². The van der Waals surface area contributed by atoms with Crippen LogP contribution in [-0.4, -0.2) is 19.2 Å². The van der Waals surface area contributed by atoms with Crippen LogP contribution in [0.2, 0.25) is 0 Å². The molecule has 0 aliphatic carbocycles. The number of hydrogen-bond acceptors (Lipinski definition) is 5. The van der Waals surface area contributed by atoms with E-state index < -0.39 is 0 Å². The third-order valence-electron chi connectivity index (χ3n) is 4.31. The van der Waals surface area contributed by atoms with E-state index in [1.807, 2.05) is 36.4 Å². The summed E-state index contributed by atoms with van der Waals surface area (Å²) in [7, 11) is 0. The van der Waals surface area contributed by atoms with Crippen LogP contribution in [-0.2, 0) is 16.0 Å². The zero-order valence-corrected chi connectivity index (χ0v) is 17.2. The van der Waals surface area contributed by atoms with E-state index in [1.54, 1.807) is 0 Å². The number of hydrogen-bond donors (Lipinski definition) is 0.